The number of likely N-dealkylation sites (tertiary alicyclic amines) is 1. The van der Waals surface area contributed by atoms with Crippen LogP contribution in [0.3, 0.4) is 0 Å². The van der Waals surface area contributed by atoms with E-state index in [4.69, 9.17) is 0 Å². The van der Waals surface area contributed by atoms with Crippen molar-refractivity contribution >= 4 is 39.2 Å². The van der Waals surface area contributed by atoms with Crippen molar-refractivity contribution in [1.29, 1.82) is 0 Å². The Morgan fingerprint density at radius 1 is 1.00 bits per heavy atom. The van der Waals surface area contributed by atoms with Crippen LogP contribution in [0.25, 0.3) is 0 Å². The molecule has 6 heteroatoms. The predicted molar refractivity (Wildman–Crippen MR) is 162 cm³/mol. The molecule has 2 heterocycles. The van der Waals surface area contributed by atoms with E-state index in [0.717, 1.165) is 16.5 Å². The van der Waals surface area contributed by atoms with Crippen molar-refractivity contribution in [1.82, 2.24) is 4.90 Å². The monoisotopic (exact) mass is 600 g/mol. The van der Waals surface area contributed by atoms with Gasteiger partial charge in [0.2, 0.25) is 5.91 Å². The second-order valence-corrected chi connectivity index (χ2v) is 13.5. The van der Waals surface area contributed by atoms with Gasteiger partial charge in [-0.1, -0.05) is 104 Å². The van der Waals surface area contributed by atoms with E-state index in [9.17, 15) is 14.4 Å². The fraction of sp³-hybridized carbons (Fsp3) is 0.382. The van der Waals surface area contributed by atoms with Gasteiger partial charge >= 0.3 is 0 Å². The van der Waals surface area contributed by atoms with E-state index in [1.807, 2.05) is 73.7 Å². The van der Waals surface area contributed by atoms with Gasteiger partial charge in [-0.15, -0.1) is 0 Å². The molecule has 2 aliphatic heterocycles. The predicted octanol–water partition coefficient (Wildman–Crippen LogP) is 7.57. The van der Waals surface area contributed by atoms with Gasteiger partial charge in [0.05, 0.1) is 5.92 Å². The summed E-state index contributed by atoms with van der Waals surface area (Å²) in [6.07, 6.45) is 1.17. The molecule has 0 saturated carbocycles. The number of nitrogens with one attached hydrogen (secondary N) is 1. The number of carbonyl (C=O) groups is 3. The summed E-state index contributed by atoms with van der Waals surface area (Å²) in [7, 11) is 0. The van der Waals surface area contributed by atoms with Gasteiger partial charge in [0, 0.05) is 39.7 Å². The Labute approximate surface area is 245 Å². The van der Waals surface area contributed by atoms with E-state index in [1.165, 1.54) is 0 Å². The van der Waals surface area contributed by atoms with Crippen LogP contribution in [0.1, 0.15) is 74.9 Å². The van der Waals surface area contributed by atoms with Crippen molar-refractivity contribution in [3.8, 4) is 0 Å². The zero-order valence-electron chi connectivity index (χ0n) is 23.8. The molecule has 0 aliphatic carbocycles. The molecule has 1 fully saturated rings. The van der Waals surface area contributed by atoms with E-state index >= 15 is 0 Å². The van der Waals surface area contributed by atoms with Gasteiger partial charge in [-0.05, 0) is 48.4 Å². The maximum Gasteiger partial charge on any atom is 0.255 e. The number of hydrogen-bond acceptors (Lipinski definition) is 3. The van der Waals surface area contributed by atoms with Crippen molar-refractivity contribution in [2.75, 3.05) is 5.32 Å². The summed E-state index contributed by atoms with van der Waals surface area (Å²) >= 11 is 3.60. The van der Waals surface area contributed by atoms with E-state index in [-0.39, 0.29) is 34.8 Å². The number of rotatable bonds is 6. The molecular formula is C34H37BrN2O3. The number of halogens is 1. The highest BCUT2D eigenvalue weighted by atomic mass is 79.9. The summed E-state index contributed by atoms with van der Waals surface area (Å²) in [5.74, 6) is -1.64. The normalized spacial score (nSPS) is 24.6. The lowest BCUT2D eigenvalue weighted by atomic mass is 9.69. The van der Waals surface area contributed by atoms with Crippen molar-refractivity contribution in [2.24, 2.45) is 17.3 Å². The van der Waals surface area contributed by atoms with Crippen LogP contribution in [0.15, 0.2) is 83.3 Å². The third-order valence-corrected chi connectivity index (χ3v) is 8.87. The second kappa shape index (κ2) is 10.6. The summed E-state index contributed by atoms with van der Waals surface area (Å²) in [5.41, 5.74) is 1.37. The molecule has 5 rings (SSSR count). The highest BCUT2D eigenvalue weighted by Gasteiger charge is 2.69. The Kier molecular flexibility index (Phi) is 7.51. The molecule has 3 aromatic rings. The van der Waals surface area contributed by atoms with Gasteiger partial charge in [-0.2, -0.15) is 0 Å². The van der Waals surface area contributed by atoms with Crippen molar-refractivity contribution in [3.63, 3.8) is 0 Å². The molecule has 0 aromatic heterocycles. The number of benzene rings is 3. The topological polar surface area (TPSA) is 66.5 Å². The van der Waals surface area contributed by atoms with Crippen LogP contribution in [0.2, 0.25) is 0 Å². The maximum absolute atomic E-state index is 14.6. The lowest BCUT2D eigenvalue weighted by molar-refractivity contribution is -0.146. The highest BCUT2D eigenvalue weighted by Crippen LogP contribution is 2.59. The minimum Gasteiger partial charge on any atom is -0.323 e. The van der Waals surface area contributed by atoms with E-state index in [0.29, 0.717) is 23.2 Å². The van der Waals surface area contributed by atoms with Gasteiger partial charge in [0.1, 0.15) is 0 Å². The van der Waals surface area contributed by atoms with Gasteiger partial charge in [0.15, 0.2) is 11.3 Å². The van der Waals surface area contributed by atoms with Gasteiger partial charge < -0.3 is 10.2 Å². The molecule has 5 nitrogen and oxygen atoms in total. The first-order valence-corrected chi connectivity index (χ1v) is 14.8. The van der Waals surface area contributed by atoms with Crippen LogP contribution < -0.4 is 5.32 Å². The number of hydrogen-bond donors (Lipinski definition) is 1. The Balaban J connectivity index is 1.75. The standard InChI is InChI=1S/C34H37BrN2O3/c1-21(20-33(3,4)5)18-28(38)37-22(2)29(23-12-8-6-9-13-23)30(31(39)24-14-10-7-11-15-24)34(37)26-19-25(35)16-17-27(26)36-32(34)40/h6-17,19,21-22,29-30H,18,20H2,1-5H3,(H,36,40). The second-order valence-electron chi connectivity index (χ2n) is 12.6. The van der Waals surface area contributed by atoms with E-state index < -0.39 is 17.5 Å². The van der Waals surface area contributed by atoms with E-state index in [1.54, 1.807) is 17.0 Å². The number of ketones is 1. The molecule has 5 atom stereocenters. The average molecular weight is 602 g/mol. The summed E-state index contributed by atoms with van der Waals surface area (Å²) in [5, 5.41) is 3.06. The van der Waals surface area contributed by atoms with Crippen LogP contribution in [-0.4, -0.2) is 28.5 Å². The fourth-order valence-corrected chi connectivity index (χ4v) is 7.58. The van der Waals surface area contributed by atoms with Crippen molar-refractivity contribution in [2.45, 2.75) is 65.0 Å². The molecule has 1 N–H and O–H groups in total. The first-order valence-electron chi connectivity index (χ1n) is 14.0. The molecule has 2 amide bonds. The Morgan fingerprint density at radius 3 is 2.25 bits per heavy atom. The van der Waals surface area contributed by atoms with Crippen LogP contribution in [0, 0.1) is 17.3 Å². The number of nitrogens with zero attached hydrogens (tertiary/aromatic N) is 1. The third-order valence-electron chi connectivity index (χ3n) is 8.38. The SMILES string of the molecule is CC(CC(=O)N1C(C)C(c2ccccc2)C(C(=O)c2ccccc2)C12C(=O)Nc1ccc(Br)cc12)CC(C)(C)C. The first-order chi connectivity index (χ1) is 18.9. The molecule has 1 spiro atoms. The molecule has 1 saturated heterocycles. The van der Waals surface area contributed by atoms with Crippen LogP contribution in [0.5, 0.6) is 0 Å². The summed E-state index contributed by atoms with van der Waals surface area (Å²) < 4.78 is 0.789. The Bertz CT molecular complexity index is 1430. The van der Waals surface area contributed by atoms with Crippen molar-refractivity contribution < 1.29 is 14.4 Å². The fourth-order valence-electron chi connectivity index (χ4n) is 7.22. The van der Waals surface area contributed by atoms with Crippen molar-refractivity contribution in [3.05, 3.63) is 100 Å². The van der Waals surface area contributed by atoms with E-state index in [2.05, 4.69) is 48.9 Å². The lowest BCUT2D eigenvalue weighted by Gasteiger charge is -2.39. The molecule has 40 heavy (non-hydrogen) atoms. The first kappa shape index (κ1) is 28.3. The quantitative estimate of drug-likeness (QED) is 0.297. The minimum absolute atomic E-state index is 0.0641. The summed E-state index contributed by atoms with van der Waals surface area (Å²) in [6.45, 7) is 10.6. The van der Waals surface area contributed by atoms with Gasteiger partial charge in [-0.3, -0.25) is 14.4 Å². The largest absolute Gasteiger partial charge is 0.323 e. The Hall–Kier alpha value is -3.25. The molecule has 208 valence electrons. The smallest absolute Gasteiger partial charge is 0.255 e. The molecule has 2 aliphatic rings. The van der Waals surface area contributed by atoms with Gasteiger partial charge in [-0.25, -0.2) is 0 Å². The molecule has 0 bridgehead atoms. The number of fused-ring (bicyclic) bond motifs is 2. The summed E-state index contributed by atoms with van der Waals surface area (Å²) in [6, 6.07) is 24.2. The molecule has 3 aromatic carbocycles. The molecule has 0 radical (unpaired) electrons. The number of anilines is 1. The lowest BCUT2D eigenvalue weighted by Crippen LogP contribution is -2.56. The Morgan fingerprint density at radius 2 is 1.62 bits per heavy atom. The van der Waals surface area contributed by atoms with Crippen LogP contribution in [-0.2, 0) is 15.1 Å². The minimum atomic E-state index is -1.48. The highest BCUT2D eigenvalue weighted by molar-refractivity contribution is 9.10. The average Bonchev–Trinajstić information content (AvgIpc) is 3.34. The summed E-state index contributed by atoms with van der Waals surface area (Å²) in [4.78, 5) is 45.2. The zero-order chi connectivity index (χ0) is 28.8. The number of amides is 2. The number of Topliss-reactive ketones (excluding diaryl/α,β-unsaturated/α-hetero) is 1. The molecule has 5 unspecified atom stereocenters. The molecular weight excluding hydrogens is 564 g/mol. The zero-order valence-corrected chi connectivity index (χ0v) is 25.4. The maximum atomic E-state index is 14.6. The van der Waals surface area contributed by atoms with Crippen LogP contribution in [0.4, 0.5) is 5.69 Å². The van der Waals surface area contributed by atoms with Crippen LogP contribution >= 0.6 is 15.9 Å². The third kappa shape index (κ3) is 4.81. The number of carbonyl (C=O) groups excluding carboxylic acids is 3. The van der Waals surface area contributed by atoms with Gasteiger partial charge in [0.25, 0.3) is 5.91 Å².